The number of nitrogens with zero attached hydrogens (tertiary/aromatic N) is 1. The van der Waals surface area contributed by atoms with Crippen LogP contribution in [0.15, 0.2) is 46.9 Å². The van der Waals surface area contributed by atoms with E-state index in [0.717, 1.165) is 19.6 Å². The highest BCUT2D eigenvalue weighted by molar-refractivity contribution is 9.10. The Labute approximate surface area is 136 Å². The van der Waals surface area contributed by atoms with Gasteiger partial charge in [0.2, 0.25) is 0 Å². The van der Waals surface area contributed by atoms with E-state index in [4.69, 9.17) is 0 Å². The summed E-state index contributed by atoms with van der Waals surface area (Å²) in [5.74, 6) is 0. The molecule has 0 spiro atoms. The Morgan fingerprint density at radius 3 is 2.43 bits per heavy atom. The van der Waals surface area contributed by atoms with Crippen molar-refractivity contribution >= 4 is 15.9 Å². The Kier molecular flexibility index (Phi) is 5.97. The van der Waals surface area contributed by atoms with Crippen molar-refractivity contribution in [2.45, 2.75) is 26.6 Å². The summed E-state index contributed by atoms with van der Waals surface area (Å²) in [5.41, 5.74) is 5.37. The molecule has 1 N–H and O–H groups in total. The van der Waals surface area contributed by atoms with E-state index in [-0.39, 0.29) is 0 Å². The Hall–Kier alpha value is -1.16. The Morgan fingerprint density at radius 1 is 1.05 bits per heavy atom. The molecule has 21 heavy (non-hydrogen) atoms. The molecule has 0 aliphatic heterocycles. The van der Waals surface area contributed by atoms with Crippen LogP contribution < -0.4 is 5.32 Å². The van der Waals surface area contributed by atoms with E-state index in [1.165, 1.54) is 26.7 Å². The second-order valence-corrected chi connectivity index (χ2v) is 6.41. The predicted molar refractivity (Wildman–Crippen MR) is 93.3 cm³/mol. The molecule has 0 amide bonds. The molecule has 0 aliphatic rings. The van der Waals surface area contributed by atoms with Gasteiger partial charge in [-0.05, 0) is 49.3 Å². The van der Waals surface area contributed by atoms with Gasteiger partial charge in [-0.2, -0.15) is 0 Å². The molecule has 112 valence electrons. The van der Waals surface area contributed by atoms with Gasteiger partial charge in [0, 0.05) is 24.1 Å². The zero-order valence-corrected chi connectivity index (χ0v) is 14.6. The Morgan fingerprint density at radius 2 is 1.76 bits per heavy atom. The summed E-state index contributed by atoms with van der Waals surface area (Å²) in [6.45, 7) is 4.98. The first-order valence-electron chi connectivity index (χ1n) is 7.25. The summed E-state index contributed by atoms with van der Waals surface area (Å²) in [4.78, 5) is 2.35. The average molecular weight is 347 g/mol. The molecule has 0 bridgehead atoms. The van der Waals surface area contributed by atoms with Crippen LogP contribution in [0.1, 0.15) is 22.3 Å². The number of halogens is 1. The van der Waals surface area contributed by atoms with Gasteiger partial charge in [0.25, 0.3) is 0 Å². The first-order valence-corrected chi connectivity index (χ1v) is 8.04. The molecule has 2 rings (SSSR count). The Balaban J connectivity index is 2.02. The molecule has 0 heterocycles. The van der Waals surface area contributed by atoms with Gasteiger partial charge in [0.05, 0.1) is 0 Å². The number of aryl methyl sites for hydroxylation is 1. The van der Waals surface area contributed by atoms with Crippen LogP contribution in [0.4, 0.5) is 0 Å². The summed E-state index contributed by atoms with van der Waals surface area (Å²) in [6.07, 6.45) is 0. The van der Waals surface area contributed by atoms with E-state index in [1.807, 2.05) is 7.05 Å². The van der Waals surface area contributed by atoms with Crippen LogP contribution >= 0.6 is 15.9 Å². The maximum absolute atomic E-state index is 3.69. The van der Waals surface area contributed by atoms with E-state index >= 15 is 0 Å². The molecule has 0 saturated carbocycles. The van der Waals surface area contributed by atoms with Crippen LogP contribution in [0.3, 0.4) is 0 Å². The molecule has 0 atom stereocenters. The van der Waals surface area contributed by atoms with Crippen LogP contribution in [0.2, 0.25) is 0 Å². The van der Waals surface area contributed by atoms with Gasteiger partial charge in [-0.3, -0.25) is 4.90 Å². The molecule has 0 aliphatic carbocycles. The summed E-state index contributed by atoms with van der Waals surface area (Å²) in [7, 11) is 4.14. The summed E-state index contributed by atoms with van der Waals surface area (Å²) < 4.78 is 1.19. The fourth-order valence-corrected chi connectivity index (χ4v) is 3.01. The lowest BCUT2D eigenvalue weighted by molar-refractivity contribution is 0.318. The molecule has 0 aromatic heterocycles. The minimum absolute atomic E-state index is 0.901. The largest absolute Gasteiger partial charge is 0.316 e. The number of nitrogens with one attached hydrogen (secondary N) is 1. The second-order valence-electron chi connectivity index (χ2n) is 5.55. The maximum atomic E-state index is 3.69. The molecule has 0 saturated heterocycles. The maximum Gasteiger partial charge on any atom is 0.0245 e. The zero-order valence-electron chi connectivity index (χ0n) is 13.0. The van der Waals surface area contributed by atoms with Crippen molar-refractivity contribution < 1.29 is 0 Å². The zero-order chi connectivity index (χ0) is 15.2. The van der Waals surface area contributed by atoms with Gasteiger partial charge in [-0.25, -0.2) is 0 Å². The minimum Gasteiger partial charge on any atom is -0.316 e. The number of benzene rings is 2. The van der Waals surface area contributed by atoms with Crippen molar-refractivity contribution in [1.82, 2.24) is 10.2 Å². The predicted octanol–water partition coefficient (Wildman–Crippen LogP) is 4.11. The first kappa shape index (κ1) is 16.2. The van der Waals surface area contributed by atoms with Gasteiger partial charge < -0.3 is 5.32 Å². The topological polar surface area (TPSA) is 15.3 Å². The van der Waals surface area contributed by atoms with E-state index in [9.17, 15) is 0 Å². The molecular formula is C18H23BrN2. The highest BCUT2D eigenvalue weighted by atomic mass is 79.9. The van der Waals surface area contributed by atoms with Gasteiger partial charge >= 0.3 is 0 Å². The van der Waals surface area contributed by atoms with Crippen molar-refractivity contribution in [3.63, 3.8) is 0 Å². The highest BCUT2D eigenvalue weighted by Crippen LogP contribution is 2.21. The molecular weight excluding hydrogens is 324 g/mol. The van der Waals surface area contributed by atoms with Crippen molar-refractivity contribution in [3.8, 4) is 0 Å². The normalized spacial score (nSPS) is 11.1. The quantitative estimate of drug-likeness (QED) is 0.846. The lowest BCUT2D eigenvalue weighted by Gasteiger charge is -2.19. The van der Waals surface area contributed by atoms with E-state index in [1.54, 1.807) is 0 Å². The number of rotatable bonds is 6. The summed E-state index contributed by atoms with van der Waals surface area (Å²) in [5, 5.41) is 3.18. The third kappa shape index (κ3) is 4.67. The van der Waals surface area contributed by atoms with Crippen LogP contribution in [0.25, 0.3) is 0 Å². The fourth-order valence-electron chi connectivity index (χ4n) is 2.46. The van der Waals surface area contributed by atoms with E-state index in [0.29, 0.717) is 0 Å². The van der Waals surface area contributed by atoms with Crippen LogP contribution in [0, 0.1) is 6.92 Å². The molecule has 3 heteroatoms. The average Bonchev–Trinajstić information content (AvgIpc) is 2.45. The van der Waals surface area contributed by atoms with Crippen LogP contribution in [-0.2, 0) is 19.6 Å². The van der Waals surface area contributed by atoms with Gasteiger partial charge in [-0.15, -0.1) is 0 Å². The lowest BCUT2D eigenvalue weighted by atomic mass is 10.1. The smallest absolute Gasteiger partial charge is 0.0245 e. The van der Waals surface area contributed by atoms with Crippen molar-refractivity contribution in [2.75, 3.05) is 14.1 Å². The van der Waals surface area contributed by atoms with Gasteiger partial charge in [0.15, 0.2) is 0 Å². The molecule has 0 fully saturated rings. The van der Waals surface area contributed by atoms with Crippen LogP contribution in [0.5, 0.6) is 0 Å². The van der Waals surface area contributed by atoms with Crippen molar-refractivity contribution in [2.24, 2.45) is 0 Å². The minimum atomic E-state index is 0.901. The fraction of sp³-hybridized carbons (Fsp3) is 0.333. The van der Waals surface area contributed by atoms with Crippen molar-refractivity contribution in [1.29, 1.82) is 0 Å². The number of hydrogen-bond acceptors (Lipinski definition) is 2. The Bertz CT molecular complexity index is 596. The standard InChI is InChI=1S/C18H23BrN2/c1-14-6-4-5-7-16(14)12-21(3)13-17-9-8-15(11-20-2)10-18(17)19/h4-10,20H,11-13H2,1-3H3. The monoisotopic (exact) mass is 346 g/mol. The SMILES string of the molecule is CNCc1ccc(CN(C)Cc2ccccc2C)c(Br)c1. The van der Waals surface area contributed by atoms with Gasteiger partial charge in [-0.1, -0.05) is 52.3 Å². The molecule has 2 aromatic rings. The lowest BCUT2D eigenvalue weighted by Crippen LogP contribution is -2.18. The highest BCUT2D eigenvalue weighted by Gasteiger charge is 2.07. The third-order valence-corrected chi connectivity index (χ3v) is 4.38. The summed E-state index contributed by atoms with van der Waals surface area (Å²) in [6, 6.07) is 15.2. The molecule has 0 unspecified atom stereocenters. The molecule has 2 nitrogen and oxygen atoms in total. The van der Waals surface area contributed by atoms with Gasteiger partial charge in [0.1, 0.15) is 0 Å². The summed E-state index contributed by atoms with van der Waals surface area (Å²) >= 11 is 3.69. The first-order chi connectivity index (χ1) is 10.1. The third-order valence-electron chi connectivity index (χ3n) is 3.64. The molecule has 0 radical (unpaired) electrons. The van der Waals surface area contributed by atoms with Crippen LogP contribution in [-0.4, -0.2) is 19.0 Å². The number of hydrogen-bond donors (Lipinski definition) is 1. The second kappa shape index (κ2) is 7.74. The van der Waals surface area contributed by atoms with E-state index < -0.39 is 0 Å². The van der Waals surface area contributed by atoms with E-state index in [2.05, 4.69) is 82.6 Å². The molecule has 2 aromatic carbocycles. The van der Waals surface area contributed by atoms with Crippen molar-refractivity contribution in [3.05, 3.63) is 69.2 Å².